The first-order valence-electron chi connectivity index (χ1n) is 8.84. The van der Waals surface area contributed by atoms with Crippen LogP contribution in [0.1, 0.15) is 28.6 Å². The van der Waals surface area contributed by atoms with Gasteiger partial charge in [-0.05, 0) is 38.5 Å². The normalized spacial score (nSPS) is 11.0. The molecular formula is C20H20N6O2. The first-order valence-corrected chi connectivity index (χ1v) is 8.84. The fraction of sp³-hybridized carbons (Fsp3) is 0.250. The molecule has 0 aliphatic carbocycles. The van der Waals surface area contributed by atoms with Gasteiger partial charge < -0.3 is 13.8 Å². The first-order chi connectivity index (χ1) is 13.5. The Kier molecular flexibility index (Phi) is 4.60. The predicted octanol–water partition coefficient (Wildman–Crippen LogP) is 3.24. The van der Waals surface area contributed by atoms with E-state index in [1.807, 2.05) is 42.8 Å². The van der Waals surface area contributed by atoms with Crippen molar-refractivity contribution in [3.8, 4) is 22.9 Å². The molecular weight excluding hydrogens is 356 g/mol. The summed E-state index contributed by atoms with van der Waals surface area (Å²) in [5, 5.41) is 3.82. The summed E-state index contributed by atoms with van der Waals surface area (Å²) in [6, 6.07) is 6.05. The van der Waals surface area contributed by atoms with Gasteiger partial charge in [0.25, 0.3) is 5.89 Å². The van der Waals surface area contributed by atoms with Crippen LogP contribution in [0.5, 0.6) is 5.75 Å². The van der Waals surface area contributed by atoms with Gasteiger partial charge >= 0.3 is 0 Å². The lowest BCUT2D eigenvalue weighted by molar-refractivity contribution is 0.412. The molecule has 0 atom stereocenters. The second kappa shape index (κ2) is 7.22. The summed E-state index contributed by atoms with van der Waals surface area (Å²) in [5.41, 5.74) is 4.48. The molecule has 0 saturated carbocycles. The summed E-state index contributed by atoms with van der Waals surface area (Å²) in [6.07, 6.45) is 6.05. The molecule has 0 amide bonds. The van der Waals surface area contributed by atoms with E-state index in [4.69, 9.17) is 9.26 Å². The third kappa shape index (κ3) is 3.48. The molecule has 1 aromatic carbocycles. The molecule has 142 valence electrons. The van der Waals surface area contributed by atoms with E-state index in [2.05, 4.69) is 25.1 Å². The smallest absolute Gasteiger partial charge is 0.261 e. The molecule has 0 bridgehead atoms. The molecule has 8 nitrogen and oxygen atoms in total. The molecule has 4 aromatic rings. The van der Waals surface area contributed by atoms with Crippen LogP contribution in [0.2, 0.25) is 0 Å². The predicted molar refractivity (Wildman–Crippen MR) is 102 cm³/mol. The minimum absolute atomic E-state index is 0.434. The van der Waals surface area contributed by atoms with Gasteiger partial charge in [0.15, 0.2) is 5.82 Å². The Morgan fingerprint density at radius 3 is 2.61 bits per heavy atom. The Morgan fingerprint density at radius 1 is 1.11 bits per heavy atom. The van der Waals surface area contributed by atoms with Gasteiger partial charge in [-0.2, -0.15) is 4.98 Å². The van der Waals surface area contributed by atoms with Crippen molar-refractivity contribution in [3.05, 3.63) is 65.5 Å². The zero-order chi connectivity index (χ0) is 19.7. The van der Waals surface area contributed by atoms with Crippen LogP contribution in [0.3, 0.4) is 0 Å². The van der Waals surface area contributed by atoms with Crippen LogP contribution in [-0.4, -0.2) is 36.8 Å². The van der Waals surface area contributed by atoms with E-state index in [9.17, 15) is 0 Å². The standard InChI is InChI=1S/C20H20N6O2/c1-12-10-26(11-22-12)17-6-5-15(7-18(17)27-4)8-19-21-9-16(13(2)23-19)20-24-14(3)25-28-20/h5-7,9-11H,8H2,1-4H3. The Balaban J connectivity index is 1.59. The zero-order valence-electron chi connectivity index (χ0n) is 16.2. The number of rotatable bonds is 5. The van der Waals surface area contributed by atoms with Gasteiger partial charge in [-0.1, -0.05) is 11.2 Å². The van der Waals surface area contributed by atoms with Crippen molar-refractivity contribution < 1.29 is 9.26 Å². The lowest BCUT2D eigenvalue weighted by Gasteiger charge is -2.11. The summed E-state index contributed by atoms with van der Waals surface area (Å²) in [6.45, 7) is 5.64. The van der Waals surface area contributed by atoms with Crippen LogP contribution in [0.15, 0.2) is 41.4 Å². The van der Waals surface area contributed by atoms with Crippen LogP contribution in [0, 0.1) is 20.8 Å². The van der Waals surface area contributed by atoms with Gasteiger partial charge in [0.2, 0.25) is 0 Å². The van der Waals surface area contributed by atoms with E-state index < -0.39 is 0 Å². The molecule has 0 N–H and O–H groups in total. The van der Waals surface area contributed by atoms with Crippen molar-refractivity contribution >= 4 is 0 Å². The van der Waals surface area contributed by atoms with E-state index in [1.165, 1.54) is 0 Å². The second-order valence-corrected chi connectivity index (χ2v) is 6.54. The molecule has 3 heterocycles. The molecule has 4 rings (SSSR count). The molecule has 0 aliphatic heterocycles. The fourth-order valence-electron chi connectivity index (χ4n) is 3.00. The second-order valence-electron chi connectivity index (χ2n) is 6.54. The monoisotopic (exact) mass is 376 g/mol. The number of ether oxygens (including phenoxy) is 1. The lowest BCUT2D eigenvalue weighted by Crippen LogP contribution is -2.02. The molecule has 0 spiro atoms. The van der Waals surface area contributed by atoms with Crippen molar-refractivity contribution in [1.82, 2.24) is 29.7 Å². The third-order valence-electron chi connectivity index (χ3n) is 4.38. The molecule has 28 heavy (non-hydrogen) atoms. The number of nitrogens with zero attached hydrogens (tertiary/aromatic N) is 6. The minimum Gasteiger partial charge on any atom is -0.495 e. The number of imidazole rings is 1. The van der Waals surface area contributed by atoms with E-state index in [1.54, 1.807) is 26.6 Å². The third-order valence-corrected chi connectivity index (χ3v) is 4.38. The van der Waals surface area contributed by atoms with E-state index in [0.29, 0.717) is 24.0 Å². The Bertz CT molecular complexity index is 1130. The first kappa shape index (κ1) is 17.8. The minimum atomic E-state index is 0.434. The van der Waals surface area contributed by atoms with E-state index in [0.717, 1.165) is 34.0 Å². The van der Waals surface area contributed by atoms with Crippen molar-refractivity contribution in [3.63, 3.8) is 0 Å². The molecule has 0 aliphatic rings. The van der Waals surface area contributed by atoms with Crippen molar-refractivity contribution in [2.75, 3.05) is 7.11 Å². The maximum absolute atomic E-state index is 5.57. The average molecular weight is 376 g/mol. The number of benzene rings is 1. The highest BCUT2D eigenvalue weighted by atomic mass is 16.5. The van der Waals surface area contributed by atoms with Crippen LogP contribution in [-0.2, 0) is 6.42 Å². The van der Waals surface area contributed by atoms with Gasteiger partial charge in [-0.3, -0.25) is 0 Å². The van der Waals surface area contributed by atoms with Crippen molar-refractivity contribution in [1.29, 1.82) is 0 Å². The summed E-state index contributed by atoms with van der Waals surface area (Å²) >= 11 is 0. The maximum atomic E-state index is 5.57. The largest absolute Gasteiger partial charge is 0.495 e. The molecule has 0 fully saturated rings. The molecule has 3 aromatic heterocycles. The Morgan fingerprint density at radius 2 is 1.96 bits per heavy atom. The summed E-state index contributed by atoms with van der Waals surface area (Å²) in [7, 11) is 1.66. The van der Waals surface area contributed by atoms with Gasteiger partial charge in [0.05, 0.1) is 36.1 Å². The number of methoxy groups -OCH3 is 1. The topological polar surface area (TPSA) is 91.8 Å². The van der Waals surface area contributed by atoms with Gasteiger partial charge in [-0.25, -0.2) is 15.0 Å². The van der Waals surface area contributed by atoms with Crippen LogP contribution in [0.4, 0.5) is 0 Å². The van der Waals surface area contributed by atoms with Crippen molar-refractivity contribution in [2.45, 2.75) is 27.2 Å². The Labute approximate surface area is 162 Å². The quantitative estimate of drug-likeness (QED) is 0.528. The molecule has 8 heteroatoms. The van der Waals surface area contributed by atoms with Gasteiger partial charge in [-0.15, -0.1) is 0 Å². The highest BCUT2D eigenvalue weighted by Crippen LogP contribution is 2.26. The number of hydrogen-bond donors (Lipinski definition) is 0. The van der Waals surface area contributed by atoms with Gasteiger partial charge in [0.1, 0.15) is 11.6 Å². The van der Waals surface area contributed by atoms with Crippen LogP contribution in [0.25, 0.3) is 17.1 Å². The molecule has 0 unspecified atom stereocenters. The fourth-order valence-corrected chi connectivity index (χ4v) is 3.00. The summed E-state index contributed by atoms with van der Waals surface area (Å²) < 4.78 is 12.7. The number of hydrogen-bond acceptors (Lipinski definition) is 7. The SMILES string of the molecule is COc1cc(Cc2ncc(-c3nc(C)no3)c(C)n2)ccc1-n1cnc(C)c1. The highest BCUT2D eigenvalue weighted by Gasteiger charge is 2.13. The van der Waals surface area contributed by atoms with Crippen LogP contribution >= 0.6 is 0 Å². The zero-order valence-corrected chi connectivity index (χ0v) is 16.2. The van der Waals surface area contributed by atoms with Crippen molar-refractivity contribution in [2.24, 2.45) is 0 Å². The van der Waals surface area contributed by atoms with Crippen LogP contribution < -0.4 is 4.74 Å². The van der Waals surface area contributed by atoms with E-state index >= 15 is 0 Å². The lowest BCUT2D eigenvalue weighted by atomic mass is 10.1. The average Bonchev–Trinajstić information content (AvgIpc) is 3.30. The Hall–Kier alpha value is -3.55. The maximum Gasteiger partial charge on any atom is 0.261 e. The van der Waals surface area contributed by atoms with Gasteiger partial charge in [0, 0.05) is 18.8 Å². The summed E-state index contributed by atoms with van der Waals surface area (Å²) in [5.74, 6) is 2.50. The molecule has 0 radical (unpaired) electrons. The number of aryl methyl sites for hydroxylation is 3. The number of aromatic nitrogens is 6. The summed E-state index contributed by atoms with van der Waals surface area (Å²) in [4.78, 5) is 17.6. The molecule has 0 saturated heterocycles. The highest BCUT2D eigenvalue weighted by molar-refractivity contribution is 5.54. The van der Waals surface area contributed by atoms with E-state index in [-0.39, 0.29) is 0 Å².